The number of nitrogens with zero attached hydrogens (tertiary/aromatic N) is 1. The SMILES string of the molecule is CC(C)OC(=O)c1ccc(N2C(=O)C(=O)/C(=C(\O)c3ccc(Cl)c(Cl)c3)C2c2ccc(O)cc2)cc1. The third-order valence-corrected chi connectivity index (χ3v) is 6.31. The fourth-order valence-corrected chi connectivity index (χ4v) is 4.21. The second-order valence-corrected chi connectivity index (χ2v) is 9.20. The summed E-state index contributed by atoms with van der Waals surface area (Å²) in [7, 11) is 0. The van der Waals surface area contributed by atoms with Gasteiger partial charge in [-0.2, -0.15) is 0 Å². The van der Waals surface area contributed by atoms with Gasteiger partial charge in [0.2, 0.25) is 0 Å². The van der Waals surface area contributed by atoms with Crippen LogP contribution in [0, 0.1) is 0 Å². The van der Waals surface area contributed by atoms with Crippen molar-refractivity contribution in [1.82, 2.24) is 0 Å². The monoisotopic (exact) mass is 525 g/mol. The number of aliphatic hydroxyl groups is 1. The zero-order chi connectivity index (χ0) is 26.1. The molecule has 1 heterocycles. The van der Waals surface area contributed by atoms with Gasteiger partial charge in [-0.3, -0.25) is 14.5 Å². The molecule has 1 amide bonds. The molecule has 1 aliphatic heterocycles. The van der Waals surface area contributed by atoms with Gasteiger partial charge in [-0.1, -0.05) is 35.3 Å². The van der Waals surface area contributed by atoms with Crippen molar-refractivity contribution in [1.29, 1.82) is 0 Å². The first-order valence-corrected chi connectivity index (χ1v) is 11.7. The molecule has 0 saturated carbocycles. The molecule has 1 saturated heterocycles. The first kappa shape index (κ1) is 25.3. The molecule has 9 heteroatoms. The van der Waals surface area contributed by atoms with E-state index in [9.17, 15) is 24.6 Å². The van der Waals surface area contributed by atoms with Crippen molar-refractivity contribution < 1.29 is 29.3 Å². The van der Waals surface area contributed by atoms with Crippen molar-refractivity contribution >= 4 is 52.3 Å². The van der Waals surface area contributed by atoms with E-state index in [1.54, 1.807) is 26.0 Å². The molecule has 7 nitrogen and oxygen atoms in total. The fourth-order valence-electron chi connectivity index (χ4n) is 3.91. The van der Waals surface area contributed by atoms with Crippen LogP contribution in [0.5, 0.6) is 5.75 Å². The van der Waals surface area contributed by atoms with Gasteiger partial charge < -0.3 is 14.9 Å². The van der Waals surface area contributed by atoms with Gasteiger partial charge in [-0.15, -0.1) is 0 Å². The number of aromatic hydroxyl groups is 1. The number of halogens is 2. The molecule has 1 atom stereocenters. The molecule has 0 spiro atoms. The molecule has 184 valence electrons. The summed E-state index contributed by atoms with van der Waals surface area (Å²) in [5.74, 6) is -2.72. The lowest BCUT2D eigenvalue weighted by Gasteiger charge is -2.25. The number of Topliss-reactive ketones (excluding diaryl/α,β-unsaturated/α-hetero) is 1. The van der Waals surface area contributed by atoms with Crippen LogP contribution < -0.4 is 4.90 Å². The average Bonchev–Trinajstić information content (AvgIpc) is 3.11. The van der Waals surface area contributed by atoms with Crippen LogP contribution in [-0.4, -0.2) is 34.0 Å². The van der Waals surface area contributed by atoms with Crippen LogP contribution in [-0.2, 0) is 14.3 Å². The number of hydrogen-bond acceptors (Lipinski definition) is 6. The van der Waals surface area contributed by atoms with Gasteiger partial charge in [0.05, 0.1) is 33.3 Å². The van der Waals surface area contributed by atoms with Crippen molar-refractivity contribution in [2.75, 3.05) is 4.90 Å². The average molecular weight is 526 g/mol. The van der Waals surface area contributed by atoms with E-state index in [1.165, 1.54) is 59.5 Å². The minimum atomic E-state index is -1.02. The van der Waals surface area contributed by atoms with Crippen LogP contribution in [0.4, 0.5) is 5.69 Å². The fraction of sp³-hybridized carbons (Fsp3) is 0.148. The smallest absolute Gasteiger partial charge is 0.338 e. The second-order valence-electron chi connectivity index (χ2n) is 8.39. The van der Waals surface area contributed by atoms with Crippen LogP contribution in [0.25, 0.3) is 5.76 Å². The summed E-state index contributed by atoms with van der Waals surface area (Å²) in [5, 5.41) is 21.3. The molecule has 1 aliphatic rings. The highest BCUT2D eigenvalue weighted by Crippen LogP contribution is 2.43. The van der Waals surface area contributed by atoms with Gasteiger partial charge in [0, 0.05) is 11.3 Å². The lowest BCUT2D eigenvalue weighted by molar-refractivity contribution is -0.132. The summed E-state index contributed by atoms with van der Waals surface area (Å²) in [6.07, 6.45) is -0.300. The first-order chi connectivity index (χ1) is 17.1. The number of phenolic OH excluding ortho intramolecular Hbond substituents is 1. The summed E-state index contributed by atoms with van der Waals surface area (Å²) in [6.45, 7) is 3.47. The molecule has 0 aliphatic carbocycles. The lowest BCUT2D eigenvalue weighted by atomic mass is 9.95. The van der Waals surface area contributed by atoms with E-state index in [4.69, 9.17) is 27.9 Å². The highest BCUT2D eigenvalue weighted by atomic mass is 35.5. The van der Waals surface area contributed by atoms with E-state index in [0.717, 1.165) is 0 Å². The van der Waals surface area contributed by atoms with E-state index >= 15 is 0 Å². The quantitative estimate of drug-likeness (QED) is 0.186. The number of rotatable bonds is 5. The molecule has 4 rings (SSSR count). The number of benzene rings is 3. The number of phenols is 1. The van der Waals surface area contributed by atoms with Crippen LogP contribution in [0.3, 0.4) is 0 Å². The topological polar surface area (TPSA) is 104 Å². The molecule has 1 unspecified atom stereocenters. The number of esters is 1. The van der Waals surface area contributed by atoms with Crippen LogP contribution in [0.1, 0.15) is 41.4 Å². The van der Waals surface area contributed by atoms with Crippen molar-refractivity contribution in [3.8, 4) is 5.75 Å². The highest BCUT2D eigenvalue weighted by Gasteiger charge is 2.47. The molecular weight excluding hydrogens is 505 g/mol. The number of ketones is 1. The Kier molecular flexibility index (Phi) is 7.06. The van der Waals surface area contributed by atoms with E-state index in [0.29, 0.717) is 11.3 Å². The summed E-state index contributed by atoms with van der Waals surface area (Å²) in [5.41, 5.74) is 1.12. The predicted octanol–water partition coefficient (Wildman–Crippen LogP) is 5.89. The Labute approximate surface area is 217 Å². The van der Waals surface area contributed by atoms with Gasteiger partial charge in [-0.05, 0) is 74.0 Å². The Morgan fingerprint density at radius 3 is 2.11 bits per heavy atom. The van der Waals surface area contributed by atoms with Crippen LogP contribution in [0.15, 0.2) is 72.3 Å². The molecule has 36 heavy (non-hydrogen) atoms. The summed E-state index contributed by atoms with van der Waals surface area (Å²) in [6, 6.07) is 15.3. The molecule has 0 radical (unpaired) electrons. The standard InChI is InChI=1S/C27H21Cl2NO6/c1-14(2)36-27(35)16-3-8-18(9-4-16)30-23(15-5-10-19(31)11-6-15)22(25(33)26(30)34)24(32)17-7-12-20(28)21(29)13-17/h3-14,23,31-32H,1-2H3/b24-22-. The van der Waals surface area contributed by atoms with Gasteiger partial charge >= 0.3 is 5.97 Å². The summed E-state index contributed by atoms with van der Waals surface area (Å²) in [4.78, 5) is 39.9. The predicted molar refractivity (Wildman–Crippen MR) is 136 cm³/mol. The number of hydrogen-bond donors (Lipinski definition) is 2. The molecule has 0 aromatic heterocycles. The number of amides is 1. The number of carbonyl (C=O) groups is 3. The Morgan fingerprint density at radius 1 is 0.917 bits per heavy atom. The van der Waals surface area contributed by atoms with Gasteiger partial charge in [-0.25, -0.2) is 4.79 Å². The zero-order valence-electron chi connectivity index (χ0n) is 19.2. The van der Waals surface area contributed by atoms with E-state index < -0.39 is 29.5 Å². The Balaban J connectivity index is 1.85. The number of aliphatic hydroxyl groups excluding tert-OH is 1. The third-order valence-electron chi connectivity index (χ3n) is 5.57. The maximum atomic E-state index is 13.2. The minimum Gasteiger partial charge on any atom is -0.508 e. The highest BCUT2D eigenvalue weighted by molar-refractivity contribution is 6.51. The number of anilines is 1. The van der Waals surface area contributed by atoms with Gasteiger partial charge in [0.15, 0.2) is 0 Å². The second kappa shape index (κ2) is 10.0. The number of carbonyl (C=O) groups excluding carboxylic acids is 3. The molecule has 0 bridgehead atoms. The summed E-state index contributed by atoms with van der Waals surface area (Å²) >= 11 is 12.1. The van der Waals surface area contributed by atoms with Crippen molar-refractivity contribution in [3.05, 3.63) is 99.0 Å². The summed E-state index contributed by atoms with van der Waals surface area (Å²) < 4.78 is 5.20. The molecule has 2 N–H and O–H groups in total. The van der Waals surface area contributed by atoms with Crippen molar-refractivity contribution in [3.63, 3.8) is 0 Å². The van der Waals surface area contributed by atoms with Crippen molar-refractivity contribution in [2.24, 2.45) is 0 Å². The number of ether oxygens (including phenoxy) is 1. The van der Waals surface area contributed by atoms with Gasteiger partial charge in [0.1, 0.15) is 11.5 Å². The minimum absolute atomic E-state index is 0.00629. The van der Waals surface area contributed by atoms with Crippen LogP contribution in [0.2, 0.25) is 10.0 Å². The van der Waals surface area contributed by atoms with E-state index in [1.807, 2.05) is 0 Å². The maximum Gasteiger partial charge on any atom is 0.338 e. The third kappa shape index (κ3) is 4.80. The maximum absolute atomic E-state index is 13.2. The van der Waals surface area contributed by atoms with E-state index in [2.05, 4.69) is 0 Å². The zero-order valence-corrected chi connectivity index (χ0v) is 20.7. The molecular formula is C27H21Cl2NO6. The Morgan fingerprint density at radius 2 is 1.53 bits per heavy atom. The van der Waals surface area contributed by atoms with Crippen molar-refractivity contribution in [2.45, 2.75) is 26.0 Å². The Bertz CT molecular complexity index is 1380. The van der Waals surface area contributed by atoms with Crippen LogP contribution >= 0.6 is 23.2 Å². The Hall–Kier alpha value is -3.81. The molecule has 1 fully saturated rings. The molecule has 3 aromatic rings. The largest absolute Gasteiger partial charge is 0.508 e. The lowest BCUT2D eigenvalue weighted by Crippen LogP contribution is -2.29. The first-order valence-electron chi connectivity index (χ1n) is 10.9. The normalized spacial score (nSPS) is 17.0. The van der Waals surface area contributed by atoms with Gasteiger partial charge in [0.25, 0.3) is 11.7 Å². The van der Waals surface area contributed by atoms with E-state index in [-0.39, 0.29) is 38.6 Å². The molecule has 3 aromatic carbocycles.